The van der Waals surface area contributed by atoms with E-state index in [4.69, 9.17) is 6.57 Å². The monoisotopic (exact) mass is 263 g/mol. The second-order valence-electron chi connectivity index (χ2n) is 5.45. The van der Waals surface area contributed by atoms with E-state index in [0.717, 1.165) is 41.6 Å². The first-order chi connectivity index (χ1) is 9.71. The largest absolute Gasteiger partial charge is 0.314 e. The smallest absolute Gasteiger partial charge is 0.305 e. The number of hydrogen-bond donors (Lipinski definition) is 1. The molecule has 3 nitrogen and oxygen atoms in total. The van der Waals surface area contributed by atoms with Gasteiger partial charge in [0.2, 0.25) is 0 Å². The van der Waals surface area contributed by atoms with E-state index in [9.17, 15) is 0 Å². The van der Waals surface area contributed by atoms with Gasteiger partial charge in [-0.25, -0.2) is 6.57 Å². The molecule has 1 aromatic carbocycles. The van der Waals surface area contributed by atoms with Gasteiger partial charge in [-0.3, -0.25) is 9.83 Å². The first kappa shape index (κ1) is 12.7. The van der Waals surface area contributed by atoms with Crippen LogP contribution in [0.4, 0.5) is 5.69 Å². The number of aromatic nitrogens is 1. The van der Waals surface area contributed by atoms with Crippen LogP contribution in [0, 0.1) is 13.5 Å². The molecule has 0 atom stereocenters. The Morgan fingerprint density at radius 2 is 1.90 bits per heavy atom. The van der Waals surface area contributed by atoms with Gasteiger partial charge in [-0.1, -0.05) is 12.1 Å². The summed E-state index contributed by atoms with van der Waals surface area (Å²) in [6.45, 7) is 9.36. The van der Waals surface area contributed by atoms with Crippen molar-refractivity contribution in [1.82, 2.24) is 4.98 Å². The van der Waals surface area contributed by atoms with Crippen molar-refractivity contribution in [3.63, 3.8) is 0 Å². The Labute approximate surface area is 119 Å². The first-order valence-electron chi connectivity index (χ1n) is 6.90. The lowest BCUT2D eigenvalue weighted by molar-refractivity contribution is 0.343. The summed E-state index contributed by atoms with van der Waals surface area (Å²) in [6.07, 6.45) is 6.76. The van der Waals surface area contributed by atoms with Crippen LogP contribution in [0.5, 0.6) is 0 Å². The molecule has 0 saturated heterocycles. The van der Waals surface area contributed by atoms with Crippen LogP contribution in [0.25, 0.3) is 16.0 Å². The molecule has 1 heterocycles. The predicted octanol–water partition coefficient (Wildman–Crippen LogP) is 4.27. The number of anilines is 1. The Hall–Kier alpha value is -2.34. The Morgan fingerprint density at radius 1 is 1.15 bits per heavy atom. The Kier molecular flexibility index (Phi) is 3.15. The summed E-state index contributed by atoms with van der Waals surface area (Å²) < 4.78 is 0. The standard InChI is InChI=1S/C17H17N3/c1-13-10-15(12-19-11-13)14-4-6-16(7-5-14)20-17(18-2)8-3-9-17/h4-7,10-12,20H,3,8-9H2,1H3. The van der Waals surface area contributed by atoms with E-state index in [-0.39, 0.29) is 5.66 Å². The Bertz CT molecular complexity index is 649. The van der Waals surface area contributed by atoms with E-state index >= 15 is 0 Å². The number of benzene rings is 1. The molecule has 0 amide bonds. The van der Waals surface area contributed by atoms with E-state index in [0.29, 0.717) is 0 Å². The molecule has 1 saturated carbocycles. The third kappa shape index (κ3) is 2.37. The van der Waals surface area contributed by atoms with Crippen molar-refractivity contribution >= 4 is 5.69 Å². The summed E-state index contributed by atoms with van der Waals surface area (Å²) in [6, 6.07) is 10.4. The molecule has 1 aliphatic rings. The minimum absolute atomic E-state index is 0.355. The van der Waals surface area contributed by atoms with Gasteiger partial charge < -0.3 is 5.32 Å². The molecule has 3 rings (SSSR count). The molecule has 0 radical (unpaired) electrons. The predicted molar refractivity (Wildman–Crippen MR) is 81.2 cm³/mol. The second-order valence-corrected chi connectivity index (χ2v) is 5.45. The highest BCUT2D eigenvalue weighted by atomic mass is 15.1. The number of hydrogen-bond acceptors (Lipinski definition) is 2. The van der Waals surface area contributed by atoms with Crippen molar-refractivity contribution in [3.8, 4) is 11.1 Å². The number of aryl methyl sites for hydroxylation is 1. The molecule has 3 heteroatoms. The minimum atomic E-state index is -0.355. The van der Waals surface area contributed by atoms with E-state index in [1.54, 1.807) is 0 Å². The van der Waals surface area contributed by atoms with Gasteiger partial charge in [-0.05, 0) is 42.7 Å². The minimum Gasteiger partial charge on any atom is -0.314 e. The van der Waals surface area contributed by atoms with Crippen LogP contribution < -0.4 is 5.32 Å². The van der Waals surface area contributed by atoms with Gasteiger partial charge in [0.05, 0.1) is 0 Å². The molecule has 2 aromatic rings. The lowest BCUT2D eigenvalue weighted by atomic mass is 9.85. The van der Waals surface area contributed by atoms with Gasteiger partial charge in [-0.15, -0.1) is 0 Å². The molecule has 0 aliphatic heterocycles. The average molecular weight is 263 g/mol. The molecular weight excluding hydrogens is 246 g/mol. The van der Waals surface area contributed by atoms with Crippen molar-refractivity contribution in [2.24, 2.45) is 0 Å². The maximum atomic E-state index is 7.31. The summed E-state index contributed by atoms with van der Waals surface area (Å²) in [4.78, 5) is 7.96. The lowest BCUT2D eigenvalue weighted by Gasteiger charge is -2.31. The van der Waals surface area contributed by atoms with Crippen molar-refractivity contribution in [3.05, 3.63) is 59.7 Å². The van der Waals surface area contributed by atoms with Gasteiger partial charge in [-0.2, -0.15) is 0 Å². The second kappa shape index (κ2) is 4.97. The van der Waals surface area contributed by atoms with Crippen LogP contribution in [-0.4, -0.2) is 10.6 Å². The van der Waals surface area contributed by atoms with E-state index < -0.39 is 0 Å². The average Bonchev–Trinajstić information content (AvgIpc) is 2.44. The van der Waals surface area contributed by atoms with Crippen LogP contribution in [0.1, 0.15) is 24.8 Å². The van der Waals surface area contributed by atoms with Crippen LogP contribution >= 0.6 is 0 Å². The topological polar surface area (TPSA) is 29.3 Å². The SMILES string of the molecule is [C-]#[N+]C1(Nc2ccc(-c3cncc(C)c3)cc2)CCC1. The molecule has 100 valence electrons. The van der Waals surface area contributed by atoms with E-state index in [1.165, 1.54) is 0 Å². The fourth-order valence-corrected chi connectivity index (χ4v) is 2.50. The lowest BCUT2D eigenvalue weighted by Crippen LogP contribution is -2.41. The van der Waals surface area contributed by atoms with Crippen molar-refractivity contribution in [2.75, 3.05) is 5.32 Å². The van der Waals surface area contributed by atoms with Crippen molar-refractivity contribution in [2.45, 2.75) is 31.8 Å². The molecule has 0 bridgehead atoms. The number of pyridine rings is 1. The van der Waals surface area contributed by atoms with Crippen LogP contribution in [0.2, 0.25) is 0 Å². The zero-order valence-corrected chi connectivity index (χ0v) is 11.6. The maximum Gasteiger partial charge on any atom is 0.305 e. The van der Waals surface area contributed by atoms with Crippen molar-refractivity contribution in [1.29, 1.82) is 0 Å². The third-order valence-electron chi connectivity index (χ3n) is 3.86. The molecule has 1 aromatic heterocycles. The highest BCUT2D eigenvalue weighted by Gasteiger charge is 2.43. The van der Waals surface area contributed by atoms with Crippen molar-refractivity contribution < 1.29 is 0 Å². The Morgan fingerprint density at radius 3 is 2.45 bits per heavy atom. The fourth-order valence-electron chi connectivity index (χ4n) is 2.50. The van der Waals surface area contributed by atoms with Gasteiger partial charge in [0.15, 0.2) is 0 Å². The van der Waals surface area contributed by atoms with Gasteiger partial charge >= 0.3 is 5.66 Å². The summed E-state index contributed by atoms with van der Waals surface area (Å²) in [5, 5.41) is 3.36. The zero-order chi connectivity index (χ0) is 14.0. The molecule has 0 unspecified atom stereocenters. The number of nitrogens with one attached hydrogen (secondary N) is 1. The fraction of sp³-hybridized carbons (Fsp3) is 0.294. The molecule has 20 heavy (non-hydrogen) atoms. The molecular formula is C17H17N3. The first-order valence-corrected chi connectivity index (χ1v) is 6.90. The van der Waals surface area contributed by atoms with E-state index in [2.05, 4.69) is 33.3 Å². The maximum absolute atomic E-state index is 7.31. The van der Waals surface area contributed by atoms with Crippen LogP contribution in [0.3, 0.4) is 0 Å². The summed E-state index contributed by atoms with van der Waals surface area (Å²) >= 11 is 0. The van der Waals surface area contributed by atoms with Gasteiger partial charge in [0, 0.05) is 36.5 Å². The van der Waals surface area contributed by atoms with Gasteiger partial charge in [0.25, 0.3) is 0 Å². The molecule has 1 fully saturated rings. The molecule has 1 aliphatic carbocycles. The quantitative estimate of drug-likeness (QED) is 0.838. The highest BCUT2D eigenvalue weighted by Crippen LogP contribution is 2.36. The third-order valence-corrected chi connectivity index (χ3v) is 3.86. The van der Waals surface area contributed by atoms with Crippen LogP contribution in [0.15, 0.2) is 42.7 Å². The number of rotatable bonds is 3. The van der Waals surface area contributed by atoms with Gasteiger partial charge in [0.1, 0.15) is 0 Å². The van der Waals surface area contributed by atoms with Crippen LogP contribution in [-0.2, 0) is 0 Å². The normalized spacial score (nSPS) is 16.0. The number of nitrogens with zero attached hydrogens (tertiary/aromatic N) is 2. The zero-order valence-electron chi connectivity index (χ0n) is 11.6. The summed E-state index contributed by atoms with van der Waals surface area (Å²) in [5.74, 6) is 0. The highest BCUT2D eigenvalue weighted by molar-refractivity contribution is 5.66. The summed E-state index contributed by atoms with van der Waals surface area (Å²) in [5.41, 5.74) is 4.10. The molecule has 0 spiro atoms. The summed E-state index contributed by atoms with van der Waals surface area (Å²) in [7, 11) is 0. The van der Waals surface area contributed by atoms with E-state index in [1.807, 2.05) is 31.5 Å². The Balaban J connectivity index is 1.80. The molecule has 1 N–H and O–H groups in total.